The van der Waals surface area contributed by atoms with Gasteiger partial charge in [0.2, 0.25) is 10.0 Å². The second-order valence-electron chi connectivity index (χ2n) is 5.67. The fourth-order valence-corrected chi connectivity index (χ4v) is 4.04. The highest BCUT2D eigenvalue weighted by Crippen LogP contribution is 2.29. The van der Waals surface area contributed by atoms with Crippen LogP contribution in [-0.2, 0) is 16.6 Å². The van der Waals surface area contributed by atoms with Crippen molar-refractivity contribution in [3.8, 4) is 5.75 Å². The molecule has 1 unspecified atom stereocenters. The molecule has 0 spiro atoms. The maximum absolute atomic E-state index is 12.8. The van der Waals surface area contributed by atoms with Crippen molar-refractivity contribution >= 4 is 21.6 Å². The lowest BCUT2D eigenvalue weighted by Crippen LogP contribution is -2.31. The van der Waals surface area contributed by atoms with Crippen LogP contribution in [0.1, 0.15) is 11.6 Å². The molecule has 148 valence electrons. The average molecular weight is 429 g/mol. The molecule has 0 aliphatic rings. The summed E-state index contributed by atoms with van der Waals surface area (Å²) >= 11 is 5.88. The maximum Gasteiger partial charge on any atom is 0.387 e. The molecule has 0 fully saturated rings. The number of alkyl halides is 2. The van der Waals surface area contributed by atoms with Crippen LogP contribution in [0.2, 0.25) is 5.02 Å². The molecular weight excluding hydrogens is 414 g/mol. The molecule has 1 aromatic heterocycles. The number of hydrogen-bond donors (Lipinski definition) is 1. The largest absolute Gasteiger partial charge is 0.433 e. The van der Waals surface area contributed by atoms with Gasteiger partial charge in [-0.1, -0.05) is 41.9 Å². The third-order valence-electron chi connectivity index (χ3n) is 3.77. The molecule has 11 heteroatoms. The van der Waals surface area contributed by atoms with Crippen LogP contribution in [0, 0.1) is 0 Å². The van der Waals surface area contributed by atoms with Gasteiger partial charge in [-0.25, -0.2) is 18.1 Å². The Morgan fingerprint density at radius 1 is 1.18 bits per heavy atom. The molecule has 7 nitrogen and oxygen atoms in total. The summed E-state index contributed by atoms with van der Waals surface area (Å²) < 4.78 is 58.7. The summed E-state index contributed by atoms with van der Waals surface area (Å²) in [6.07, 6.45) is 2.82. The molecule has 3 rings (SSSR count). The number of hydrogen-bond acceptors (Lipinski definition) is 5. The van der Waals surface area contributed by atoms with E-state index in [9.17, 15) is 17.2 Å². The third-order valence-corrected chi connectivity index (χ3v) is 5.53. The van der Waals surface area contributed by atoms with Crippen LogP contribution in [-0.4, -0.2) is 29.8 Å². The SMILES string of the molecule is O=S(=O)(NC(Cn1cncn1)c1ccccc1)c1ccc(OC(F)F)c(Cl)c1. The monoisotopic (exact) mass is 428 g/mol. The van der Waals surface area contributed by atoms with Gasteiger partial charge in [0.15, 0.2) is 0 Å². The Balaban J connectivity index is 1.87. The molecular formula is C17H15ClF2N4O3S. The first-order valence-corrected chi connectivity index (χ1v) is 9.85. The molecule has 0 amide bonds. The van der Waals surface area contributed by atoms with Gasteiger partial charge in [0.25, 0.3) is 0 Å². The van der Waals surface area contributed by atoms with Gasteiger partial charge in [-0.05, 0) is 23.8 Å². The number of rotatable bonds is 8. The van der Waals surface area contributed by atoms with Crippen molar-refractivity contribution in [3.05, 3.63) is 71.8 Å². The molecule has 0 saturated carbocycles. The second-order valence-corrected chi connectivity index (χ2v) is 7.79. The van der Waals surface area contributed by atoms with E-state index in [-0.39, 0.29) is 22.2 Å². The summed E-state index contributed by atoms with van der Waals surface area (Å²) in [6, 6.07) is 11.6. The van der Waals surface area contributed by atoms with Crippen molar-refractivity contribution in [2.45, 2.75) is 24.1 Å². The summed E-state index contributed by atoms with van der Waals surface area (Å²) in [5.74, 6) is -0.308. The topological polar surface area (TPSA) is 86.1 Å². The van der Waals surface area contributed by atoms with Crippen LogP contribution in [0.5, 0.6) is 5.75 Å². The molecule has 0 bridgehead atoms. The van der Waals surface area contributed by atoms with Crippen LogP contribution >= 0.6 is 11.6 Å². The lowest BCUT2D eigenvalue weighted by atomic mass is 10.1. The Bertz CT molecular complexity index is 1020. The second kappa shape index (κ2) is 8.63. The molecule has 0 aliphatic heterocycles. The van der Waals surface area contributed by atoms with E-state index in [0.29, 0.717) is 5.56 Å². The summed E-state index contributed by atoms with van der Waals surface area (Å²) in [5.41, 5.74) is 0.713. The number of aromatic nitrogens is 3. The number of nitrogens with zero attached hydrogens (tertiary/aromatic N) is 3. The third kappa shape index (κ3) is 5.03. The van der Waals surface area contributed by atoms with E-state index in [4.69, 9.17) is 11.6 Å². The Morgan fingerprint density at radius 3 is 2.54 bits per heavy atom. The van der Waals surface area contributed by atoms with Crippen molar-refractivity contribution in [1.82, 2.24) is 19.5 Å². The van der Waals surface area contributed by atoms with Crippen molar-refractivity contribution in [1.29, 1.82) is 0 Å². The van der Waals surface area contributed by atoms with E-state index in [2.05, 4.69) is 19.5 Å². The van der Waals surface area contributed by atoms with Crippen molar-refractivity contribution < 1.29 is 21.9 Å². The van der Waals surface area contributed by atoms with Gasteiger partial charge in [0.1, 0.15) is 18.4 Å². The van der Waals surface area contributed by atoms with Gasteiger partial charge < -0.3 is 4.74 Å². The molecule has 1 N–H and O–H groups in total. The van der Waals surface area contributed by atoms with Crippen LogP contribution in [0.4, 0.5) is 8.78 Å². The lowest BCUT2D eigenvalue weighted by Gasteiger charge is -2.19. The zero-order chi connectivity index (χ0) is 20.1. The van der Waals surface area contributed by atoms with Crippen LogP contribution < -0.4 is 9.46 Å². The molecule has 28 heavy (non-hydrogen) atoms. The fraction of sp³-hybridized carbons (Fsp3) is 0.176. The predicted octanol–water partition coefficient (Wildman–Crippen LogP) is 3.25. The first-order chi connectivity index (χ1) is 13.3. The van der Waals surface area contributed by atoms with E-state index in [0.717, 1.165) is 18.2 Å². The first kappa shape index (κ1) is 20.2. The standard InChI is InChI=1S/C17H15ClF2N4O3S/c18-14-8-13(6-7-16(14)27-17(19)20)28(25,26)23-15(9-24-11-21-10-22-24)12-4-2-1-3-5-12/h1-8,10-11,15,17,23H,9H2. The van der Waals surface area contributed by atoms with E-state index in [1.54, 1.807) is 24.3 Å². The Morgan fingerprint density at radius 2 is 1.93 bits per heavy atom. The van der Waals surface area contributed by atoms with Gasteiger partial charge in [-0.15, -0.1) is 0 Å². The average Bonchev–Trinajstić information content (AvgIpc) is 3.16. The van der Waals surface area contributed by atoms with E-state index < -0.39 is 22.7 Å². The molecule has 0 radical (unpaired) electrons. The summed E-state index contributed by atoms with van der Waals surface area (Å²) in [4.78, 5) is 3.67. The smallest absolute Gasteiger partial charge is 0.387 e. The predicted molar refractivity (Wildman–Crippen MR) is 97.6 cm³/mol. The maximum atomic E-state index is 12.8. The molecule has 2 aromatic carbocycles. The number of halogens is 3. The van der Waals surface area contributed by atoms with Gasteiger partial charge in [0, 0.05) is 0 Å². The Hall–Kier alpha value is -2.56. The van der Waals surface area contributed by atoms with Crippen molar-refractivity contribution in [3.63, 3.8) is 0 Å². The molecule has 0 saturated heterocycles. The van der Waals surface area contributed by atoms with E-state index in [1.807, 2.05) is 6.07 Å². The molecule has 3 aromatic rings. The Labute approximate surface area is 165 Å². The van der Waals surface area contributed by atoms with Crippen LogP contribution in [0.3, 0.4) is 0 Å². The molecule has 1 heterocycles. The van der Waals surface area contributed by atoms with E-state index in [1.165, 1.54) is 17.3 Å². The summed E-state index contributed by atoms with van der Waals surface area (Å²) in [5, 5.41) is 3.76. The van der Waals surface area contributed by atoms with Crippen LogP contribution in [0.15, 0.2) is 66.1 Å². The summed E-state index contributed by atoms with van der Waals surface area (Å²) in [6.45, 7) is -2.87. The van der Waals surface area contributed by atoms with Crippen molar-refractivity contribution in [2.75, 3.05) is 0 Å². The van der Waals surface area contributed by atoms with E-state index >= 15 is 0 Å². The minimum Gasteiger partial charge on any atom is -0.433 e. The van der Waals surface area contributed by atoms with Gasteiger partial charge in [0.05, 0.1) is 22.5 Å². The van der Waals surface area contributed by atoms with Gasteiger partial charge >= 0.3 is 6.61 Å². The number of nitrogens with one attached hydrogen (secondary N) is 1. The highest BCUT2D eigenvalue weighted by Gasteiger charge is 2.23. The summed E-state index contributed by atoms with van der Waals surface area (Å²) in [7, 11) is -4.02. The van der Waals surface area contributed by atoms with Crippen LogP contribution in [0.25, 0.3) is 0 Å². The fourth-order valence-electron chi connectivity index (χ4n) is 2.51. The Kier molecular flexibility index (Phi) is 6.22. The van der Waals surface area contributed by atoms with Gasteiger partial charge in [-0.2, -0.15) is 13.9 Å². The van der Waals surface area contributed by atoms with Gasteiger partial charge in [-0.3, -0.25) is 4.68 Å². The zero-order valence-corrected chi connectivity index (χ0v) is 15.8. The highest BCUT2D eigenvalue weighted by atomic mass is 35.5. The minimum absolute atomic E-state index is 0.182. The quantitative estimate of drug-likeness (QED) is 0.595. The zero-order valence-electron chi connectivity index (χ0n) is 14.2. The molecule has 1 atom stereocenters. The number of ether oxygens (including phenoxy) is 1. The minimum atomic E-state index is -4.02. The van der Waals surface area contributed by atoms with Crippen molar-refractivity contribution in [2.24, 2.45) is 0 Å². The highest BCUT2D eigenvalue weighted by molar-refractivity contribution is 7.89. The lowest BCUT2D eigenvalue weighted by molar-refractivity contribution is -0.0498. The number of benzene rings is 2. The normalized spacial score (nSPS) is 12.9. The molecule has 0 aliphatic carbocycles. The number of sulfonamides is 1. The first-order valence-electron chi connectivity index (χ1n) is 7.99.